The number of carboxylic acids is 1. The van der Waals surface area contributed by atoms with E-state index in [1.807, 2.05) is 20.8 Å². The molecule has 2 rings (SSSR count). The Labute approximate surface area is 128 Å². The highest BCUT2D eigenvalue weighted by molar-refractivity contribution is 7.18. The Kier molecular flexibility index (Phi) is 4.46. The van der Waals surface area contributed by atoms with E-state index in [9.17, 15) is 9.90 Å². The molecule has 0 atom stereocenters. The summed E-state index contributed by atoms with van der Waals surface area (Å²) in [5, 5.41) is 13.7. The van der Waals surface area contributed by atoms with Crippen LogP contribution in [0.5, 0.6) is 0 Å². The lowest BCUT2D eigenvalue weighted by atomic mass is 9.82. The molecule has 0 saturated carbocycles. The lowest BCUT2D eigenvalue weighted by Gasteiger charge is -2.27. The fraction of sp³-hybridized carbons (Fsp3) is 0.533. The smallest absolute Gasteiger partial charge is 0.311 e. The summed E-state index contributed by atoms with van der Waals surface area (Å²) in [4.78, 5) is 22.3. The standard InChI is InChI=1S/C15H21N3O2S/c1-5-15(6-2,14(19)20)7-16-12-11-9(3)10(4)21-13(11)18-8-17-12/h8H,5-7H2,1-4H3,(H,19,20)(H,16,17,18). The maximum atomic E-state index is 11.6. The van der Waals surface area contributed by atoms with Crippen LogP contribution in [0.4, 0.5) is 5.82 Å². The van der Waals surface area contributed by atoms with Crippen molar-refractivity contribution >= 4 is 33.3 Å². The van der Waals surface area contributed by atoms with Gasteiger partial charge in [-0.15, -0.1) is 11.3 Å². The van der Waals surface area contributed by atoms with Crippen LogP contribution in [0.2, 0.25) is 0 Å². The van der Waals surface area contributed by atoms with E-state index in [0.29, 0.717) is 19.4 Å². The zero-order chi connectivity index (χ0) is 15.6. The first-order valence-electron chi connectivity index (χ1n) is 7.13. The number of aliphatic carboxylic acids is 1. The molecule has 2 N–H and O–H groups in total. The summed E-state index contributed by atoms with van der Waals surface area (Å²) in [6, 6.07) is 0. The largest absolute Gasteiger partial charge is 0.481 e. The SMILES string of the molecule is CCC(CC)(CNc1ncnc2sc(C)c(C)c12)C(=O)O. The van der Waals surface area contributed by atoms with Crippen LogP contribution < -0.4 is 5.32 Å². The minimum Gasteiger partial charge on any atom is -0.481 e. The van der Waals surface area contributed by atoms with Crippen molar-refractivity contribution in [1.82, 2.24) is 9.97 Å². The van der Waals surface area contributed by atoms with E-state index in [-0.39, 0.29) is 0 Å². The van der Waals surface area contributed by atoms with Gasteiger partial charge in [0.15, 0.2) is 0 Å². The second-order valence-corrected chi connectivity index (χ2v) is 6.54. The molecule has 0 aliphatic rings. The van der Waals surface area contributed by atoms with Gasteiger partial charge in [0.05, 0.1) is 10.8 Å². The summed E-state index contributed by atoms with van der Waals surface area (Å²) in [6.07, 6.45) is 2.70. The number of rotatable bonds is 6. The summed E-state index contributed by atoms with van der Waals surface area (Å²) in [5.41, 5.74) is 0.406. The predicted octanol–water partition coefficient (Wildman–Crippen LogP) is 3.61. The number of nitrogens with one attached hydrogen (secondary N) is 1. The topological polar surface area (TPSA) is 75.1 Å². The van der Waals surface area contributed by atoms with Crippen molar-refractivity contribution in [3.63, 3.8) is 0 Å². The van der Waals surface area contributed by atoms with Crippen molar-refractivity contribution in [3.8, 4) is 0 Å². The van der Waals surface area contributed by atoms with Crippen molar-refractivity contribution in [2.24, 2.45) is 5.41 Å². The molecule has 0 spiro atoms. The Morgan fingerprint density at radius 3 is 2.57 bits per heavy atom. The van der Waals surface area contributed by atoms with Crippen LogP contribution in [0.3, 0.4) is 0 Å². The van der Waals surface area contributed by atoms with Crippen LogP contribution in [0, 0.1) is 19.3 Å². The van der Waals surface area contributed by atoms with Crippen molar-refractivity contribution in [3.05, 3.63) is 16.8 Å². The van der Waals surface area contributed by atoms with Crippen LogP contribution >= 0.6 is 11.3 Å². The van der Waals surface area contributed by atoms with Gasteiger partial charge in [-0.2, -0.15) is 0 Å². The average Bonchev–Trinajstić information content (AvgIpc) is 2.76. The van der Waals surface area contributed by atoms with Crippen LogP contribution in [0.25, 0.3) is 10.2 Å². The van der Waals surface area contributed by atoms with Gasteiger partial charge in [0, 0.05) is 11.4 Å². The molecule has 2 aromatic heterocycles. The van der Waals surface area contributed by atoms with E-state index >= 15 is 0 Å². The van der Waals surface area contributed by atoms with Gasteiger partial charge < -0.3 is 10.4 Å². The molecule has 2 aromatic rings. The van der Waals surface area contributed by atoms with Crippen LogP contribution in [-0.2, 0) is 4.79 Å². The number of fused-ring (bicyclic) bond motifs is 1. The van der Waals surface area contributed by atoms with Gasteiger partial charge in [-0.25, -0.2) is 9.97 Å². The minimum atomic E-state index is -0.761. The molecule has 2 heterocycles. The van der Waals surface area contributed by atoms with Crippen molar-refractivity contribution in [2.75, 3.05) is 11.9 Å². The van der Waals surface area contributed by atoms with Gasteiger partial charge in [0.2, 0.25) is 0 Å². The van der Waals surface area contributed by atoms with Gasteiger partial charge in [0.1, 0.15) is 17.0 Å². The highest BCUT2D eigenvalue weighted by atomic mass is 32.1. The lowest BCUT2D eigenvalue weighted by Crippen LogP contribution is -2.37. The molecular formula is C15H21N3O2S. The Balaban J connectivity index is 2.34. The van der Waals surface area contributed by atoms with E-state index in [1.54, 1.807) is 11.3 Å². The maximum absolute atomic E-state index is 11.6. The van der Waals surface area contributed by atoms with Gasteiger partial charge in [0.25, 0.3) is 0 Å². The Morgan fingerprint density at radius 1 is 1.33 bits per heavy atom. The van der Waals surface area contributed by atoms with E-state index < -0.39 is 11.4 Å². The number of carboxylic acid groups (broad SMARTS) is 1. The number of hydrogen-bond donors (Lipinski definition) is 2. The van der Waals surface area contributed by atoms with Gasteiger partial charge in [-0.05, 0) is 32.3 Å². The molecule has 21 heavy (non-hydrogen) atoms. The normalized spacial score (nSPS) is 11.8. The fourth-order valence-corrected chi connectivity index (χ4v) is 3.44. The first kappa shape index (κ1) is 15.7. The summed E-state index contributed by atoms with van der Waals surface area (Å²) in [6.45, 7) is 8.30. The molecule has 0 radical (unpaired) electrons. The maximum Gasteiger partial charge on any atom is 0.311 e. The molecule has 0 saturated heterocycles. The molecule has 6 heteroatoms. The molecule has 0 fully saturated rings. The third kappa shape index (κ3) is 2.72. The van der Waals surface area contributed by atoms with Crippen LogP contribution in [0.1, 0.15) is 37.1 Å². The molecule has 0 amide bonds. The minimum absolute atomic E-state index is 0.371. The molecule has 0 aliphatic heterocycles. The number of thiophene rings is 1. The van der Waals surface area contributed by atoms with Gasteiger partial charge in [-0.3, -0.25) is 4.79 Å². The van der Waals surface area contributed by atoms with E-state index in [4.69, 9.17) is 0 Å². The molecule has 0 bridgehead atoms. The molecule has 0 aliphatic carbocycles. The van der Waals surface area contributed by atoms with Crippen molar-refractivity contribution in [1.29, 1.82) is 0 Å². The van der Waals surface area contributed by atoms with E-state index in [1.165, 1.54) is 11.2 Å². The first-order chi connectivity index (χ1) is 9.95. The Bertz CT molecular complexity index is 662. The van der Waals surface area contributed by atoms with Crippen molar-refractivity contribution < 1.29 is 9.90 Å². The van der Waals surface area contributed by atoms with Crippen LogP contribution in [-0.4, -0.2) is 27.6 Å². The van der Waals surface area contributed by atoms with Gasteiger partial charge >= 0.3 is 5.97 Å². The molecule has 0 unspecified atom stereocenters. The summed E-state index contributed by atoms with van der Waals surface area (Å²) in [7, 11) is 0. The number of carbonyl (C=O) groups is 1. The number of hydrogen-bond acceptors (Lipinski definition) is 5. The number of anilines is 1. The van der Waals surface area contributed by atoms with Crippen molar-refractivity contribution in [2.45, 2.75) is 40.5 Å². The number of nitrogens with zero attached hydrogens (tertiary/aromatic N) is 2. The molecule has 114 valence electrons. The summed E-state index contributed by atoms with van der Waals surface area (Å²) < 4.78 is 0. The summed E-state index contributed by atoms with van der Waals surface area (Å²) in [5.74, 6) is -0.0297. The summed E-state index contributed by atoms with van der Waals surface area (Å²) >= 11 is 1.64. The monoisotopic (exact) mass is 307 g/mol. The number of aromatic nitrogens is 2. The Morgan fingerprint density at radius 2 is 2.00 bits per heavy atom. The average molecular weight is 307 g/mol. The highest BCUT2D eigenvalue weighted by Gasteiger charge is 2.34. The highest BCUT2D eigenvalue weighted by Crippen LogP contribution is 2.34. The second-order valence-electron chi connectivity index (χ2n) is 5.33. The van der Waals surface area contributed by atoms with E-state index in [0.717, 1.165) is 21.6 Å². The molecular weight excluding hydrogens is 286 g/mol. The lowest BCUT2D eigenvalue weighted by molar-refractivity contribution is -0.148. The molecule has 0 aromatic carbocycles. The quantitative estimate of drug-likeness (QED) is 0.852. The number of aryl methyl sites for hydroxylation is 2. The zero-order valence-corrected chi connectivity index (χ0v) is 13.7. The third-order valence-electron chi connectivity index (χ3n) is 4.37. The van der Waals surface area contributed by atoms with Gasteiger partial charge in [-0.1, -0.05) is 13.8 Å². The van der Waals surface area contributed by atoms with Crippen LogP contribution in [0.15, 0.2) is 6.33 Å². The second kappa shape index (κ2) is 5.97. The first-order valence-corrected chi connectivity index (χ1v) is 7.94. The van der Waals surface area contributed by atoms with E-state index in [2.05, 4.69) is 22.2 Å². The fourth-order valence-electron chi connectivity index (χ4n) is 2.45. The zero-order valence-electron chi connectivity index (χ0n) is 12.9. The molecule has 5 nitrogen and oxygen atoms in total. The third-order valence-corrected chi connectivity index (χ3v) is 5.48. The predicted molar refractivity (Wildman–Crippen MR) is 86.0 cm³/mol. The Hall–Kier alpha value is -1.69.